The number of anilines is 1. The minimum atomic E-state index is 0.572. The molecule has 0 saturated carbocycles. The number of rotatable bonds is 2. The maximum Gasteiger partial charge on any atom is 0.189 e. The Morgan fingerprint density at radius 1 is 1.43 bits per heavy atom. The van der Waals surface area contributed by atoms with Gasteiger partial charge >= 0.3 is 0 Å². The zero-order valence-electron chi connectivity index (χ0n) is 7.73. The van der Waals surface area contributed by atoms with Gasteiger partial charge < -0.3 is 10.3 Å². The molecule has 1 aromatic heterocycles. The lowest BCUT2D eigenvalue weighted by Gasteiger charge is -1.99. The van der Waals surface area contributed by atoms with Gasteiger partial charge in [0.15, 0.2) is 5.76 Å². The van der Waals surface area contributed by atoms with Crippen molar-refractivity contribution in [3.63, 3.8) is 0 Å². The molecule has 2 N–H and O–H groups in total. The lowest BCUT2D eigenvalue weighted by atomic mass is 10.1. The van der Waals surface area contributed by atoms with E-state index in [4.69, 9.17) is 10.3 Å². The van der Waals surface area contributed by atoms with E-state index in [0.29, 0.717) is 11.4 Å². The third-order valence-electron chi connectivity index (χ3n) is 1.93. The van der Waals surface area contributed by atoms with Crippen molar-refractivity contribution in [1.29, 1.82) is 0 Å². The summed E-state index contributed by atoms with van der Waals surface area (Å²) in [5.41, 5.74) is 7.24. The summed E-state index contributed by atoms with van der Waals surface area (Å²) in [6, 6.07) is 8.00. The van der Waals surface area contributed by atoms with Crippen molar-refractivity contribution in [3.8, 4) is 11.3 Å². The summed E-state index contributed by atoms with van der Waals surface area (Å²) in [5.74, 6) is 0.640. The van der Waals surface area contributed by atoms with Gasteiger partial charge in [0.05, 0.1) is 6.20 Å². The first-order valence-corrected chi connectivity index (χ1v) is 5.38. The molecule has 4 heteroatoms. The van der Waals surface area contributed by atoms with Crippen molar-refractivity contribution in [2.24, 2.45) is 0 Å². The van der Waals surface area contributed by atoms with Crippen LogP contribution >= 0.6 is 11.8 Å². The van der Waals surface area contributed by atoms with Gasteiger partial charge in [0.1, 0.15) is 5.69 Å². The zero-order chi connectivity index (χ0) is 9.97. The van der Waals surface area contributed by atoms with Crippen LogP contribution in [0.4, 0.5) is 5.69 Å². The van der Waals surface area contributed by atoms with Gasteiger partial charge in [-0.3, -0.25) is 0 Å². The maximum absolute atomic E-state index is 5.70. The number of nitrogens with two attached hydrogens (primary N) is 1. The summed E-state index contributed by atoms with van der Waals surface area (Å²) in [5, 5.41) is 3.65. The van der Waals surface area contributed by atoms with Gasteiger partial charge in [-0.2, -0.15) is 0 Å². The van der Waals surface area contributed by atoms with Gasteiger partial charge in [-0.05, 0) is 18.4 Å². The molecule has 0 bridgehead atoms. The fourth-order valence-corrected chi connectivity index (χ4v) is 1.69. The predicted octanol–water partition coefficient (Wildman–Crippen LogP) is 2.65. The molecule has 0 aliphatic rings. The number of thioether (sulfide) groups is 1. The molecule has 0 atom stereocenters. The van der Waals surface area contributed by atoms with Crippen molar-refractivity contribution < 1.29 is 4.52 Å². The van der Waals surface area contributed by atoms with E-state index >= 15 is 0 Å². The summed E-state index contributed by atoms with van der Waals surface area (Å²) in [7, 11) is 0. The maximum atomic E-state index is 5.70. The Kier molecular flexibility index (Phi) is 2.45. The Hall–Kier alpha value is -1.42. The molecule has 0 aliphatic heterocycles. The van der Waals surface area contributed by atoms with Crippen LogP contribution in [0.25, 0.3) is 11.3 Å². The van der Waals surface area contributed by atoms with E-state index in [1.807, 2.05) is 30.5 Å². The molecule has 0 amide bonds. The molecule has 0 fully saturated rings. The van der Waals surface area contributed by atoms with Crippen LogP contribution in [0.2, 0.25) is 0 Å². The minimum Gasteiger partial charge on any atom is -0.394 e. The molecule has 0 unspecified atom stereocenters. The molecule has 72 valence electrons. The van der Waals surface area contributed by atoms with E-state index < -0.39 is 0 Å². The molecule has 2 rings (SSSR count). The van der Waals surface area contributed by atoms with Crippen molar-refractivity contribution in [2.75, 3.05) is 12.0 Å². The first kappa shape index (κ1) is 9.15. The van der Waals surface area contributed by atoms with Crippen LogP contribution in [0.15, 0.2) is 39.9 Å². The van der Waals surface area contributed by atoms with Crippen LogP contribution in [-0.4, -0.2) is 11.4 Å². The highest BCUT2D eigenvalue weighted by atomic mass is 32.2. The van der Waals surface area contributed by atoms with Crippen molar-refractivity contribution in [1.82, 2.24) is 5.16 Å². The fraction of sp³-hybridized carbons (Fsp3) is 0.100. The predicted molar refractivity (Wildman–Crippen MR) is 58.1 cm³/mol. The average Bonchev–Trinajstić information content (AvgIpc) is 2.65. The van der Waals surface area contributed by atoms with Gasteiger partial charge in [-0.1, -0.05) is 17.3 Å². The molecule has 14 heavy (non-hydrogen) atoms. The number of nitrogens with zero attached hydrogens (tertiary/aromatic N) is 1. The Balaban J connectivity index is 2.47. The Morgan fingerprint density at radius 3 is 2.93 bits per heavy atom. The molecule has 2 aromatic rings. The Labute approximate surface area is 86.3 Å². The summed E-state index contributed by atoms with van der Waals surface area (Å²) < 4.78 is 5.07. The molecule has 0 aliphatic carbocycles. The molecule has 0 radical (unpaired) electrons. The first-order chi connectivity index (χ1) is 6.81. The quantitative estimate of drug-likeness (QED) is 0.767. The fourth-order valence-electron chi connectivity index (χ4n) is 1.23. The monoisotopic (exact) mass is 206 g/mol. The van der Waals surface area contributed by atoms with Crippen LogP contribution in [0.5, 0.6) is 0 Å². The number of nitrogen functional groups attached to an aromatic ring is 1. The Bertz CT molecular complexity index is 439. The number of hydrogen-bond acceptors (Lipinski definition) is 4. The highest BCUT2D eigenvalue weighted by Gasteiger charge is 2.07. The second-order valence-electron chi connectivity index (χ2n) is 2.84. The molecule has 1 heterocycles. The van der Waals surface area contributed by atoms with E-state index in [1.54, 1.807) is 11.8 Å². The average molecular weight is 206 g/mol. The summed E-state index contributed by atoms with van der Waals surface area (Å²) >= 11 is 1.68. The summed E-state index contributed by atoms with van der Waals surface area (Å²) in [4.78, 5) is 1.18. The molecule has 1 aromatic carbocycles. The molecule has 0 saturated heterocycles. The summed E-state index contributed by atoms with van der Waals surface area (Å²) in [6.45, 7) is 0. The van der Waals surface area contributed by atoms with Gasteiger partial charge in [-0.25, -0.2) is 0 Å². The van der Waals surface area contributed by atoms with Crippen LogP contribution in [0.1, 0.15) is 0 Å². The van der Waals surface area contributed by atoms with E-state index in [1.165, 1.54) is 11.1 Å². The van der Waals surface area contributed by atoms with Gasteiger partial charge in [0.25, 0.3) is 0 Å². The smallest absolute Gasteiger partial charge is 0.189 e. The molecular weight excluding hydrogens is 196 g/mol. The van der Waals surface area contributed by atoms with E-state index in [0.717, 1.165) is 5.56 Å². The lowest BCUT2D eigenvalue weighted by Crippen LogP contribution is -1.84. The van der Waals surface area contributed by atoms with Crippen LogP contribution < -0.4 is 5.73 Å². The molecule has 3 nitrogen and oxygen atoms in total. The van der Waals surface area contributed by atoms with E-state index in [-0.39, 0.29) is 0 Å². The number of aromatic nitrogens is 1. The normalized spacial score (nSPS) is 10.4. The zero-order valence-corrected chi connectivity index (χ0v) is 8.54. The van der Waals surface area contributed by atoms with E-state index in [9.17, 15) is 0 Å². The molecule has 0 spiro atoms. The van der Waals surface area contributed by atoms with Gasteiger partial charge in [0.2, 0.25) is 0 Å². The minimum absolute atomic E-state index is 0.572. The SMILES string of the molecule is CSc1cccc(-c2oncc2N)c1. The van der Waals surface area contributed by atoms with Crippen LogP contribution in [0, 0.1) is 0 Å². The number of hydrogen-bond donors (Lipinski definition) is 1. The number of benzene rings is 1. The van der Waals surface area contributed by atoms with Crippen LogP contribution in [0.3, 0.4) is 0 Å². The lowest BCUT2D eigenvalue weighted by molar-refractivity contribution is 0.432. The highest BCUT2D eigenvalue weighted by Crippen LogP contribution is 2.28. The summed E-state index contributed by atoms with van der Waals surface area (Å²) in [6.07, 6.45) is 3.55. The Morgan fingerprint density at radius 2 is 2.29 bits per heavy atom. The third kappa shape index (κ3) is 1.61. The second kappa shape index (κ2) is 3.75. The first-order valence-electron chi connectivity index (χ1n) is 4.16. The third-order valence-corrected chi connectivity index (χ3v) is 2.66. The molecular formula is C10H10N2OS. The van der Waals surface area contributed by atoms with Gasteiger partial charge in [-0.15, -0.1) is 11.8 Å². The van der Waals surface area contributed by atoms with Gasteiger partial charge in [0, 0.05) is 10.5 Å². The largest absolute Gasteiger partial charge is 0.394 e. The topological polar surface area (TPSA) is 52.0 Å². The van der Waals surface area contributed by atoms with Crippen molar-refractivity contribution >= 4 is 17.4 Å². The van der Waals surface area contributed by atoms with Crippen LogP contribution in [-0.2, 0) is 0 Å². The van der Waals surface area contributed by atoms with Crippen molar-refractivity contribution in [2.45, 2.75) is 4.90 Å². The van der Waals surface area contributed by atoms with Crippen molar-refractivity contribution in [3.05, 3.63) is 30.5 Å². The standard InChI is InChI=1S/C10H10N2OS/c1-14-8-4-2-3-7(5-8)10-9(11)6-12-13-10/h2-6H,11H2,1H3. The van der Waals surface area contributed by atoms with E-state index in [2.05, 4.69) is 5.16 Å². The highest BCUT2D eigenvalue weighted by molar-refractivity contribution is 7.98. The second-order valence-corrected chi connectivity index (χ2v) is 3.72.